The van der Waals surface area contributed by atoms with Crippen molar-refractivity contribution >= 4 is 0 Å². The summed E-state index contributed by atoms with van der Waals surface area (Å²) in [5.74, 6) is 0. The van der Waals surface area contributed by atoms with Gasteiger partial charge in [0.25, 0.3) is 0 Å². The van der Waals surface area contributed by atoms with Crippen molar-refractivity contribution in [2.75, 3.05) is 6.61 Å². The molecule has 0 aliphatic carbocycles. The van der Waals surface area contributed by atoms with E-state index in [0.29, 0.717) is 19.4 Å². The fraction of sp³-hybridized carbons (Fsp3) is 0.579. The molecule has 0 fully saturated rings. The monoisotopic (exact) mass is 320 g/mol. The van der Waals surface area contributed by atoms with E-state index >= 15 is 0 Å². The molecule has 0 aromatic heterocycles. The molecule has 2 rings (SSSR count). The number of ether oxygens (including phenoxy) is 2. The van der Waals surface area contributed by atoms with Crippen molar-refractivity contribution in [1.29, 1.82) is 0 Å². The maximum absolute atomic E-state index is 10.1. The smallest absolute Gasteiger partial charge is 0.0876 e. The predicted octanol–water partition coefficient (Wildman–Crippen LogP) is 2.83. The Labute approximate surface area is 138 Å². The summed E-state index contributed by atoms with van der Waals surface area (Å²) in [5, 5.41) is 19.1. The van der Waals surface area contributed by atoms with Crippen LogP contribution in [0.3, 0.4) is 0 Å². The number of benzene rings is 1. The standard InChI is InChI=1S/C19H28O4/c1-2-17(22-14-15-8-4-3-5-9-15)19-11-7-6-10-18(23-19)16(21)12-13-20/h3-9,16-21H,2,10-14H2,1H3/t16?,17?,18-,19-/m1/s1. The van der Waals surface area contributed by atoms with Gasteiger partial charge < -0.3 is 19.7 Å². The van der Waals surface area contributed by atoms with Crippen LogP contribution in [0, 0.1) is 0 Å². The lowest BCUT2D eigenvalue weighted by atomic mass is 10.1. The molecule has 4 nitrogen and oxygen atoms in total. The second-order valence-electron chi connectivity index (χ2n) is 5.98. The van der Waals surface area contributed by atoms with Crippen molar-refractivity contribution in [3.63, 3.8) is 0 Å². The fourth-order valence-electron chi connectivity index (χ4n) is 2.87. The first-order valence-corrected chi connectivity index (χ1v) is 8.49. The van der Waals surface area contributed by atoms with E-state index in [9.17, 15) is 5.11 Å². The molecular formula is C19H28O4. The van der Waals surface area contributed by atoms with Crippen LogP contribution in [-0.4, -0.2) is 41.2 Å². The lowest BCUT2D eigenvalue weighted by Crippen LogP contribution is -2.38. The van der Waals surface area contributed by atoms with Gasteiger partial charge in [-0.25, -0.2) is 0 Å². The number of hydrogen-bond donors (Lipinski definition) is 2. The molecule has 4 heteroatoms. The number of aliphatic hydroxyl groups is 2. The molecule has 0 spiro atoms. The Hall–Kier alpha value is -1.20. The highest BCUT2D eigenvalue weighted by molar-refractivity contribution is 5.13. The Morgan fingerprint density at radius 2 is 1.87 bits per heavy atom. The first kappa shape index (κ1) is 18.1. The van der Waals surface area contributed by atoms with Gasteiger partial charge in [-0.3, -0.25) is 0 Å². The molecular weight excluding hydrogens is 292 g/mol. The van der Waals surface area contributed by atoms with Crippen LogP contribution in [0.25, 0.3) is 0 Å². The third-order valence-corrected chi connectivity index (χ3v) is 4.23. The van der Waals surface area contributed by atoms with Crippen molar-refractivity contribution in [1.82, 2.24) is 0 Å². The number of aliphatic hydroxyl groups excluding tert-OH is 2. The van der Waals surface area contributed by atoms with Gasteiger partial charge in [-0.1, -0.05) is 49.4 Å². The van der Waals surface area contributed by atoms with Crippen LogP contribution in [0.15, 0.2) is 42.5 Å². The van der Waals surface area contributed by atoms with Gasteiger partial charge in [-0.15, -0.1) is 0 Å². The molecule has 0 amide bonds. The van der Waals surface area contributed by atoms with E-state index in [1.807, 2.05) is 30.3 Å². The minimum atomic E-state index is -0.642. The maximum atomic E-state index is 10.1. The van der Waals surface area contributed by atoms with E-state index < -0.39 is 6.10 Å². The van der Waals surface area contributed by atoms with Crippen LogP contribution >= 0.6 is 0 Å². The average Bonchev–Trinajstić information content (AvgIpc) is 2.83. The second kappa shape index (κ2) is 9.83. The van der Waals surface area contributed by atoms with Gasteiger partial charge in [0.15, 0.2) is 0 Å². The topological polar surface area (TPSA) is 58.9 Å². The average molecular weight is 320 g/mol. The summed E-state index contributed by atoms with van der Waals surface area (Å²) in [6, 6.07) is 10.1. The molecule has 1 aliphatic heterocycles. The molecule has 23 heavy (non-hydrogen) atoms. The minimum Gasteiger partial charge on any atom is -0.396 e. The molecule has 1 heterocycles. The molecule has 0 radical (unpaired) electrons. The number of hydrogen-bond acceptors (Lipinski definition) is 4. The van der Waals surface area contributed by atoms with E-state index in [-0.39, 0.29) is 24.9 Å². The fourth-order valence-corrected chi connectivity index (χ4v) is 2.87. The molecule has 0 saturated heterocycles. The SMILES string of the molecule is CCC(OCc1ccccc1)[C@H]1CC=CC[C@H](C(O)CCO)O1. The van der Waals surface area contributed by atoms with Gasteiger partial charge in [-0.05, 0) is 31.2 Å². The summed E-state index contributed by atoms with van der Waals surface area (Å²) in [7, 11) is 0. The van der Waals surface area contributed by atoms with Gasteiger partial charge in [0, 0.05) is 6.61 Å². The lowest BCUT2D eigenvalue weighted by Gasteiger charge is -2.30. The summed E-state index contributed by atoms with van der Waals surface area (Å²) in [6.07, 6.45) is 5.81. The van der Waals surface area contributed by atoms with E-state index in [0.717, 1.165) is 18.4 Å². The summed E-state index contributed by atoms with van der Waals surface area (Å²) in [6.45, 7) is 2.62. The van der Waals surface area contributed by atoms with Crippen LogP contribution in [0.2, 0.25) is 0 Å². The molecule has 2 N–H and O–H groups in total. The first-order chi connectivity index (χ1) is 11.2. The third-order valence-electron chi connectivity index (χ3n) is 4.23. The molecule has 0 saturated carbocycles. The molecule has 1 aromatic carbocycles. The van der Waals surface area contributed by atoms with Gasteiger partial charge in [0.05, 0.1) is 31.0 Å². The second-order valence-corrected chi connectivity index (χ2v) is 5.98. The largest absolute Gasteiger partial charge is 0.396 e. The van der Waals surface area contributed by atoms with Crippen molar-refractivity contribution in [2.24, 2.45) is 0 Å². The van der Waals surface area contributed by atoms with Crippen LogP contribution < -0.4 is 0 Å². The lowest BCUT2D eigenvalue weighted by molar-refractivity contribution is -0.133. The zero-order valence-electron chi connectivity index (χ0n) is 13.8. The zero-order valence-corrected chi connectivity index (χ0v) is 13.8. The Balaban J connectivity index is 1.94. The van der Waals surface area contributed by atoms with Gasteiger partial charge >= 0.3 is 0 Å². The van der Waals surface area contributed by atoms with Crippen LogP contribution in [0.4, 0.5) is 0 Å². The molecule has 1 aromatic rings. The Kier molecular flexibility index (Phi) is 7.76. The van der Waals surface area contributed by atoms with Gasteiger partial charge in [-0.2, -0.15) is 0 Å². The Morgan fingerprint density at radius 3 is 2.52 bits per heavy atom. The van der Waals surface area contributed by atoms with Gasteiger partial charge in [0.1, 0.15) is 0 Å². The summed E-state index contributed by atoms with van der Waals surface area (Å²) in [4.78, 5) is 0. The Morgan fingerprint density at radius 1 is 1.17 bits per heavy atom. The summed E-state index contributed by atoms with van der Waals surface area (Å²) >= 11 is 0. The van der Waals surface area contributed by atoms with E-state index in [1.165, 1.54) is 0 Å². The van der Waals surface area contributed by atoms with E-state index in [2.05, 4.69) is 19.1 Å². The predicted molar refractivity (Wildman–Crippen MR) is 90.1 cm³/mol. The van der Waals surface area contributed by atoms with Crippen LogP contribution in [-0.2, 0) is 16.1 Å². The number of rotatable bonds is 8. The quantitative estimate of drug-likeness (QED) is 0.723. The highest BCUT2D eigenvalue weighted by Crippen LogP contribution is 2.23. The van der Waals surface area contributed by atoms with Crippen LogP contribution in [0.5, 0.6) is 0 Å². The molecule has 2 unspecified atom stereocenters. The molecule has 4 atom stereocenters. The Bertz CT molecular complexity index is 460. The third kappa shape index (κ3) is 5.74. The van der Waals surface area contributed by atoms with Crippen molar-refractivity contribution < 1.29 is 19.7 Å². The molecule has 0 bridgehead atoms. The van der Waals surface area contributed by atoms with E-state index in [4.69, 9.17) is 14.6 Å². The maximum Gasteiger partial charge on any atom is 0.0876 e. The first-order valence-electron chi connectivity index (χ1n) is 8.49. The van der Waals surface area contributed by atoms with Crippen molar-refractivity contribution in [3.05, 3.63) is 48.0 Å². The summed E-state index contributed by atoms with van der Waals surface area (Å²) < 4.78 is 12.2. The zero-order chi connectivity index (χ0) is 16.5. The minimum absolute atomic E-state index is 0.0122. The highest BCUT2D eigenvalue weighted by atomic mass is 16.6. The van der Waals surface area contributed by atoms with Crippen molar-refractivity contribution in [2.45, 2.75) is 63.6 Å². The van der Waals surface area contributed by atoms with Crippen molar-refractivity contribution in [3.8, 4) is 0 Å². The van der Waals surface area contributed by atoms with Crippen LogP contribution in [0.1, 0.15) is 38.2 Å². The summed E-state index contributed by atoms with van der Waals surface area (Å²) in [5.41, 5.74) is 1.15. The van der Waals surface area contributed by atoms with E-state index in [1.54, 1.807) is 0 Å². The molecule has 1 aliphatic rings. The highest BCUT2D eigenvalue weighted by Gasteiger charge is 2.29. The van der Waals surface area contributed by atoms with Gasteiger partial charge in [0.2, 0.25) is 0 Å². The molecule has 128 valence electrons. The normalized spacial score (nSPS) is 24.1.